The van der Waals surface area contributed by atoms with Crippen LogP contribution in [-0.4, -0.2) is 21.6 Å². The van der Waals surface area contributed by atoms with Crippen molar-refractivity contribution in [1.29, 1.82) is 0 Å². The van der Waals surface area contributed by atoms with Gasteiger partial charge in [0.15, 0.2) is 11.7 Å². The molecule has 0 amide bonds. The van der Waals surface area contributed by atoms with Gasteiger partial charge in [-0.05, 0) is 24.3 Å². The Morgan fingerprint density at radius 1 is 0.842 bits per heavy atom. The van der Waals surface area contributed by atoms with E-state index in [9.17, 15) is 0 Å². The van der Waals surface area contributed by atoms with Crippen LogP contribution in [0.4, 0.5) is 0 Å². The molecule has 19 heavy (non-hydrogen) atoms. The standard InChI is InChI=1S/C12H8BrN5S/c13-19-17-11(9-5-1-3-7-14-9)16-12(18-19)10-6-2-4-8-15-10/h1-8H. The maximum absolute atomic E-state index is 4.42. The Kier molecular flexibility index (Phi) is 3.56. The number of amidine groups is 2. The summed E-state index contributed by atoms with van der Waals surface area (Å²) in [5, 5.41) is 0. The zero-order valence-corrected chi connectivity index (χ0v) is 12.0. The Labute approximate surface area is 120 Å². The maximum atomic E-state index is 4.42. The number of halogens is 1. The molecule has 3 rings (SSSR count). The third kappa shape index (κ3) is 2.82. The molecular formula is C12H8BrN5S. The van der Waals surface area contributed by atoms with Gasteiger partial charge in [-0.1, -0.05) is 12.1 Å². The summed E-state index contributed by atoms with van der Waals surface area (Å²) in [6.45, 7) is 0. The van der Waals surface area contributed by atoms with Gasteiger partial charge < -0.3 is 0 Å². The molecule has 0 bridgehead atoms. The lowest BCUT2D eigenvalue weighted by molar-refractivity contribution is 1.25. The molecule has 3 heterocycles. The third-order valence-electron chi connectivity index (χ3n) is 2.32. The first-order valence-electron chi connectivity index (χ1n) is 5.45. The number of aromatic nitrogens is 2. The van der Waals surface area contributed by atoms with Crippen LogP contribution in [0.3, 0.4) is 0 Å². The molecule has 0 fully saturated rings. The highest BCUT2D eigenvalue weighted by Crippen LogP contribution is 2.14. The minimum Gasteiger partial charge on any atom is -0.253 e. The van der Waals surface area contributed by atoms with E-state index in [1.807, 2.05) is 36.4 Å². The molecular weight excluding hydrogens is 326 g/mol. The third-order valence-corrected chi connectivity index (χ3v) is 3.84. The smallest absolute Gasteiger partial charge is 0.189 e. The summed E-state index contributed by atoms with van der Waals surface area (Å²) in [6, 6.07) is 11.3. The van der Waals surface area contributed by atoms with Crippen molar-refractivity contribution in [3.05, 3.63) is 60.2 Å². The van der Waals surface area contributed by atoms with Gasteiger partial charge in [-0.25, -0.2) is 4.99 Å². The van der Waals surface area contributed by atoms with Crippen LogP contribution >= 0.6 is 14.8 Å². The molecule has 0 unspecified atom stereocenters. The molecule has 2 aromatic heterocycles. The topological polar surface area (TPSA) is 62.9 Å². The van der Waals surface area contributed by atoms with Crippen molar-refractivity contribution in [2.45, 2.75) is 0 Å². The molecule has 0 spiro atoms. The van der Waals surface area contributed by atoms with Crippen molar-refractivity contribution in [2.75, 3.05) is 0 Å². The lowest BCUT2D eigenvalue weighted by Gasteiger charge is -2.07. The largest absolute Gasteiger partial charge is 0.253 e. The second-order valence-corrected chi connectivity index (χ2v) is 6.13. The number of nitrogens with zero attached hydrogens (tertiary/aromatic N) is 5. The van der Waals surface area contributed by atoms with Gasteiger partial charge in [-0.3, -0.25) is 9.97 Å². The van der Waals surface area contributed by atoms with E-state index in [1.165, 1.54) is 0 Å². The molecule has 7 heteroatoms. The summed E-state index contributed by atoms with van der Waals surface area (Å²) in [4.78, 5) is 12.9. The SMILES string of the molecule is Br[S@@]1=NC(c2ccccn2)=NC(c2ccccn2)=N1. The van der Waals surface area contributed by atoms with Crippen molar-refractivity contribution in [3.63, 3.8) is 0 Å². The molecule has 0 aromatic carbocycles. The first-order chi connectivity index (χ1) is 9.33. The zero-order valence-electron chi connectivity index (χ0n) is 9.64. The Hall–Kier alpha value is -1.73. The molecule has 94 valence electrons. The predicted molar refractivity (Wildman–Crippen MR) is 80.3 cm³/mol. The van der Waals surface area contributed by atoms with Gasteiger partial charge in [0.1, 0.15) is 11.4 Å². The minimum absolute atomic E-state index is 0.566. The van der Waals surface area contributed by atoms with Crippen LogP contribution in [0.15, 0.2) is 62.5 Å². The molecule has 1 aliphatic rings. The molecule has 0 radical (unpaired) electrons. The van der Waals surface area contributed by atoms with Gasteiger partial charge in [0, 0.05) is 27.2 Å². The quantitative estimate of drug-likeness (QED) is 0.848. The lowest BCUT2D eigenvalue weighted by atomic mass is 10.3. The zero-order chi connectivity index (χ0) is 13.1. The highest BCUT2D eigenvalue weighted by Gasteiger charge is 2.14. The average Bonchev–Trinajstić information content (AvgIpc) is 2.48. The normalized spacial score (nSPS) is 18.3. The van der Waals surface area contributed by atoms with Gasteiger partial charge in [-0.15, -0.1) is 0 Å². The summed E-state index contributed by atoms with van der Waals surface area (Å²) in [5.41, 5.74) is 1.45. The van der Waals surface area contributed by atoms with Crippen molar-refractivity contribution in [1.82, 2.24) is 9.97 Å². The lowest BCUT2D eigenvalue weighted by Crippen LogP contribution is -2.11. The maximum Gasteiger partial charge on any atom is 0.189 e. The number of hydrogen-bond acceptors (Lipinski definition) is 5. The number of hydrogen-bond donors (Lipinski definition) is 0. The number of rotatable bonds is 2. The van der Waals surface area contributed by atoms with E-state index in [2.05, 4.69) is 38.5 Å². The highest BCUT2D eigenvalue weighted by molar-refractivity contribution is 9.46. The van der Waals surface area contributed by atoms with E-state index in [4.69, 9.17) is 0 Å². The van der Waals surface area contributed by atoms with E-state index in [0.717, 1.165) is 11.4 Å². The molecule has 0 aliphatic carbocycles. The fourth-order valence-corrected chi connectivity index (χ4v) is 2.92. The Balaban J connectivity index is 2.05. The molecule has 0 saturated carbocycles. The molecule has 1 atom stereocenters. The summed E-state index contributed by atoms with van der Waals surface area (Å²) in [5.74, 6) is 1.13. The molecule has 0 N–H and O–H groups in total. The van der Waals surface area contributed by atoms with E-state index in [0.29, 0.717) is 11.7 Å². The molecule has 2 aromatic rings. The fraction of sp³-hybridized carbons (Fsp3) is 0. The van der Waals surface area contributed by atoms with Crippen molar-refractivity contribution in [2.24, 2.45) is 13.8 Å². The van der Waals surface area contributed by atoms with E-state index >= 15 is 0 Å². The first-order valence-corrected chi connectivity index (χ1v) is 8.44. The summed E-state index contributed by atoms with van der Waals surface area (Å²) in [7, 11) is -0.637. The van der Waals surface area contributed by atoms with Gasteiger partial charge >= 0.3 is 0 Å². The van der Waals surface area contributed by atoms with Gasteiger partial charge in [-0.2, -0.15) is 8.76 Å². The Bertz CT molecular complexity index is 642. The Morgan fingerprint density at radius 3 is 2.05 bits per heavy atom. The van der Waals surface area contributed by atoms with Crippen LogP contribution in [0.2, 0.25) is 0 Å². The van der Waals surface area contributed by atoms with Crippen LogP contribution < -0.4 is 0 Å². The van der Waals surface area contributed by atoms with E-state index < -0.39 is 9.31 Å². The van der Waals surface area contributed by atoms with Crippen LogP contribution in [0, 0.1) is 0 Å². The van der Waals surface area contributed by atoms with Crippen molar-refractivity contribution in [3.8, 4) is 0 Å². The van der Waals surface area contributed by atoms with E-state index in [1.54, 1.807) is 12.4 Å². The van der Waals surface area contributed by atoms with Crippen LogP contribution in [-0.2, 0) is 9.31 Å². The van der Waals surface area contributed by atoms with Crippen LogP contribution in [0.25, 0.3) is 0 Å². The molecule has 0 saturated heterocycles. The fourth-order valence-electron chi connectivity index (χ4n) is 1.50. The summed E-state index contributed by atoms with van der Waals surface area (Å²) < 4.78 is 8.69. The van der Waals surface area contributed by atoms with Crippen molar-refractivity contribution >= 4 is 35.8 Å². The van der Waals surface area contributed by atoms with Crippen molar-refractivity contribution < 1.29 is 0 Å². The van der Waals surface area contributed by atoms with E-state index in [-0.39, 0.29) is 0 Å². The molecule has 5 nitrogen and oxygen atoms in total. The van der Waals surface area contributed by atoms with Crippen LogP contribution in [0.1, 0.15) is 11.4 Å². The van der Waals surface area contributed by atoms with Crippen LogP contribution in [0.5, 0.6) is 0 Å². The summed E-state index contributed by atoms with van der Waals surface area (Å²) in [6.07, 6.45) is 3.43. The Morgan fingerprint density at radius 2 is 1.47 bits per heavy atom. The minimum atomic E-state index is -0.637. The highest BCUT2D eigenvalue weighted by atomic mass is 79.9. The number of aliphatic imine (C=N–C) groups is 1. The van der Waals surface area contributed by atoms with Gasteiger partial charge in [0.2, 0.25) is 0 Å². The number of pyridine rings is 2. The predicted octanol–water partition coefficient (Wildman–Crippen LogP) is 2.71. The van der Waals surface area contributed by atoms with Gasteiger partial charge in [0.05, 0.1) is 9.31 Å². The average molecular weight is 334 g/mol. The molecule has 1 aliphatic heterocycles. The second kappa shape index (κ2) is 5.50. The summed E-state index contributed by atoms with van der Waals surface area (Å²) >= 11 is 3.40. The first kappa shape index (κ1) is 12.3. The monoisotopic (exact) mass is 333 g/mol. The van der Waals surface area contributed by atoms with Gasteiger partial charge in [0.25, 0.3) is 0 Å². The second-order valence-electron chi connectivity index (χ2n) is 3.59.